The number of nitrogens with zero attached hydrogens (tertiary/aromatic N) is 2. The molecule has 66 valence electrons. The molecule has 1 atom stereocenters. The van der Waals surface area contributed by atoms with Crippen LogP contribution in [0.2, 0.25) is 0 Å². The molecule has 0 saturated carbocycles. The first-order valence-corrected chi connectivity index (χ1v) is 3.39. The van der Waals surface area contributed by atoms with E-state index in [4.69, 9.17) is 9.84 Å². The number of methoxy groups -OCH3 is 1. The molecule has 0 fully saturated rings. The molecule has 12 heavy (non-hydrogen) atoms. The highest BCUT2D eigenvalue weighted by Gasteiger charge is 2.12. The molecule has 0 bridgehead atoms. The van der Waals surface area contributed by atoms with Gasteiger partial charge in [0.2, 0.25) is 11.8 Å². The molecule has 0 saturated heterocycles. The molecule has 0 aliphatic heterocycles. The van der Waals surface area contributed by atoms with Gasteiger partial charge in [-0.05, 0) is 6.92 Å². The SMILES string of the molecule is COc1nc(F)cnc1C(C)O. The van der Waals surface area contributed by atoms with Crippen LogP contribution >= 0.6 is 0 Å². The number of ether oxygens (including phenoxy) is 1. The van der Waals surface area contributed by atoms with E-state index in [0.717, 1.165) is 6.20 Å². The standard InChI is InChI=1S/C7H9FN2O2/c1-4(11)6-7(12-2)10-5(8)3-9-6/h3-4,11H,1-2H3. The number of aliphatic hydroxyl groups excluding tert-OH is 1. The van der Waals surface area contributed by atoms with Crippen molar-refractivity contribution in [2.45, 2.75) is 13.0 Å². The van der Waals surface area contributed by atoms with Crippen molar-refractivity contribution >= 4 is 0 Å². The summed E-state index contributed by atoms with van der Waals surface area (Å²) in [4.78, 5) is 7.04. The molecular formula is C7H9FN2O2. The molecular weight excluding hydrogens is 163 g/mol. The van der Waals surface area contributed by atoms with Gasteiger partial charge < -0.3 is 9.84 Å². The summed E-state index contributed by atoms with van der Waals surface area (Å²) >= 11 is 0. The number of aromatic nitrogens is 2. The molecule has 1 unspecified atom stereocenters. The summed E-state index contributed by atoms with van der Waals surface area (Å²) < 4.78 is 17.2. The highest BCUT2D eigenvalue weighted by atomic mass is 19.1. The first-order valence-electron chi connectivity index (χ1n) is 3.39. The fourth-order valence-corrected chi connectivity index (χ4v) is 0.798. The summed E-state index contributed by atoms with van der Waals surface area (Å²) in [6.45, 7) is 1.50. The molecule has 0 aliphatic rings. The lowest BCUT2D eigenvalue weighted by molar-refractivity contribution is 0.186. The van der Waals surface area contributed by atoms with Crippen molar-refractivity contribution in [2.75, 3.05) is 7.11 Å². The number of halogens is 1. The van der Waals surface area contributed by atoms with Crippen LogP contribution in [-0.2, 0) is 0 Å². The third kappa shape index (κ3) is 1.68. The Hall–Kier alpha value is -1.23. The maximum atomic E-state index is 12.5. The summed E-state index contributed by atoms with van der Waals surface area (Å²) in [6.07, 6.45) is 0.123. The number of aliphatic hydroxyl groups is 1. The molecule has 5 heteroatoms. The van der Waals surface area contributed by atoms with Gasteiger partial charge in [0.15, 0.2) is 0 Å². The quantitative estimate of drug-likeness (QED) is 0.712. The second-order valence-corrected chi connectivity index (χ2v) is 2.26. The van der Waals surface area contributed by atoms with Gasteiger partial charge in [-0.1, -0.05) is 0 Å². The van der Waals surface area contributed by atoms with Crippen molar-refractivity contribution in [3.8, 4) is 5.88 Å². The second kappa shape index (κ2) is 3.44. The zero-order chi connectivity index (χ0) is 9.14. The van der Waals surface area contributed by atoms with Crippen molar-refractivity contribution in [1.29, 1.82) is 0 Å². The summed E-state index contributed by atoms with van der Waals surface area (Å²) in [7, 11) is 1.34. The van der Waals surface area contributed by atoms with Crippen molar-refractivity contribution in [1.82, 2.24) is 9.97 Å². The number of rotatable bonds is 2. The zero-order valence-corrected chi connectivity index (χ0v) is 6.78. The normalized spacial score (nSPS) is 12.7. The number of hydrogen-bond donors (Lipinski definition) is 1. The average Bonchev–Trinajstić information content (AvgIpc) is 2.03. The Bertz CT molecular complexity index is 278. The van der Waals surface area contributed by atoms with E-state index in [-0.39, 0.29) is 11.6 Å². The largest absolute Gasteiger partial charge is 0.480 e. The van der Waals surface area contributed by atoms with Gasteiger partial charge in [-0.25, -0.2) is 4.98 Å². The van der Waals surface area contributed by atoms with Gasteiger partial charge in [0, 0.05) is 0 Å². The maximum Gasteiger partial charge on any atom is 0.240 e. The van der Waals surface area contributed by atoms with E-state index in [2.05, 4.69) is 9.97 Å². The molecule has 1 aromatic heterocycles. The Morgan fingerprint density at radius 1 is 1.67 bits per heavy atom. The molecule has 1 aromatic rings. The van der Waals surface area contributed by atoms with E-state index in [1.165, 1.54) is 14.0 Å². The van der Waals surface area contributed by atoms with Crippen LogP contribution in [0.4, 0.5) is 4.39 Å². The smallest absolute Gasteiger partial charge is 0.240 e. The van der Waals surface area contributed by atoms with Crippen LogP contribution in [0, 0.1) is 5.95 Å². The average molecular weight is 172 g/mol. The lowest BCUT2D eigenvalue weighted by Crippen LogP contribution is -2.03. The van der Waals surface area contributed by atoms with Crippen molar-refractivity contribution in [3.05, 3.63) is 17.8 Å². The van der Waals surface area contributed by atoms with Gasteiger partial charge in [-0.15, -0.1) is 0 Å². The molecule has 0 spiro atoms. The van der Waals surface area contributed by atoms with Crippen LogP contribution in [0.5, 0.6) is 5.88 Å². The van der Waals surface area contributed by atoms with Crippen LogP contribution in [0.1, 0.15) is 18.7 Å². The predicted octanol–water partition coefficient (Wildman–Crippen LogP) is 0.678. The Morgan fingerprint density at radius 3 is 2.83 bits per heavy atom. The first kappa shape index (κ1) is 8.86. The number of hydrogen-bond acceptors (Lipinski definition) is 4. The minimum Gasteiger partial charge on any atom is -0.480 e. The van der Waals surface area contributed by atoms with Crippen LogP contribution in [0.25, 0.3) is 0 Å². The summed E-state index contributed by atoms with van der Waals surface area (Å²) in [5, 5.41) is 9.12. The van der Waals surface area contributed by atoms with Crippen LogP contribution in [0.3, 0.4) is 0 Å². The molecule has 0 aliphatic carbocycles. The summed E-state index contributed by atoms with van der Waals surface area (Å²) in [6, 6.07) is 0. The summed E-state index contributed by atoms with van der Waals surface area (Å²) in [5.41, 5.74) is 0.235. The summed E-state index contributed by atoms with van der Waals surface area (Å²) in [5.74, 6) is -0.707. The van der Waals surface area contributed by atoms with E-state index in [1.54, 1.807) is 0 Å². The van der Waals surface area contributed by atoms with Crippen molar-refractivity contribution in [3.63, 3.8) is 0 Å². The van der Waals surface area contributed by atoms with E-state index in [0.29, 0.717) is 0 Å². The van der Waals surface area contributed by atoms with Crippen molar-refractivity contribution in [2.24, 2.45) is 0 Å². The Balaban J connectivity index is 3.11. The zero-order valence-electron chi connectivity index (χ0n) is 6.78. The van der Waals surface area contributed by atoms with Crippen LogP contribution in [-0.4, -0.2) is 22.2 Å². The molecule has 0 aromatic carbocycles. The Kier molecular flexibility index (Phi) is 2.54. The molecule has 1 rings (SSSR count). The third-order valence-electron chi connectivity index (χ3n) is 1.33. The predicted molar refractivity (Wildman–Crippen MR) is 39.2 cm³/mol. The fourth-order valence-electron chi connectivity index (χ4n) is 0.798. The third-order valence-corrected chi connectivity index (χ3v) is 1.33. The van der Waals surface area contributed by atoms with Crippen molar-refractivity contribution < 1.29 is 14.2 Å². The highest BCUT2D eigenvalue weighted by molar-refractivity contribution is 5.19. The first-order chi connectivity index (χ1) is 5.65. The van der Waals surface area contributed by atoms with E-state index in [9.17, 15) is 4.39 Å². The Morgan fingerprint density at radius 2 is 2.33 bits per heavy atom. The van der Waals surface area contributed by atoms with E-state index < -0.39 is 12.1 Å². The van der Waals surface area contributed by atoms with Gasteiger partial charge in [0.05, 0.1) is 19.4 Å². The highest BCUT2D eigenvalue weighted by Crippen LogP contribution is 2.19. The minimum atomic E-state index is -0.812. The Labute approximate surface area is 69.0 Å². The van der Waals surface area contributed by atoms with Gasteiger partial charge in [0.1, 0.15) is 5.69 Å². The monoisotopic (exact) mass is 172 g/mol. The lowest BCUT2D eigenvalue weighted by atomic mass is 10.3. The van der Waals surface area contributed by atoms with Gasteiger partial charge in [0.25, 0.3) is 0 Å². The van der Waals surface area contributed by atoms with Gasteiger partial charge in [-0.3, -0.25) is 0 Å². The van der Waals surface area contributed by atoms with E-state index in [1.807, 2.05) is 0 Å². The van der Waals surface area contributed by atoms with Gasteiger partial charge >= 0.3 is 0 Å². The van der Waals surface area contributed by atoms with E-state index >= 15 is 0 Å². The minimum absolute atomic E-state index is 0.0185. The van der Waals surface area contributed by atoms with Crippen LogP contribution < -0.4 is 4.74 Å². The lowest BCUT2D eigenvalue weighted by Gasteiger charge is -2.07. The van der Waals surface area contributed by atoms with Crippen LogP contribution in [0.15, 0.2) is 6.20 Å². The molecule has 1 heterocycles. The topological polar surface area (TPSA) is 55.2 Å². The molecule has 1 N–H and O–H groups in total. The second-order valence-electron chi connectivity index (χ2n) is 2.26. The molecule has 4 nitrogen and oxygen atoms in total. The maximum absolute atomic E-state index is 12.5. The van der Waals surface area contributed by atoms with Gasteiger partial charge in [-0.2, -0.15) is 9.37 Å². The molecule has 0 amide bonds. The fraction of sp³-hybridized carbons (Fsp3) is 0.429. The molecule has 0 radical (unpaired) electrons.